The van der Waals surface area contributed by atoms with E-state index in [-0.39, 0.29) is 12.2 Å². The number of rotatable bonds is 4. The maximum Gasteiger partial charge on any atom is 0.253 e. The number of hydrogen-bond donors (Lipinski definition) is 2. The van der Waals surface area contributed by atoms with E-state index in [9.17, 15) is 9.90 Å². The molecule has 3 aromatic rings. The Labute approximate surface area is 158 Å². The lowest BCUT2D eigenvalue weighted by atomic mass is 9.80. The summed E-state index contributed by atoms with van der Waals surface area (Å²) in [5, 5.41) is 15.6. The average molecular weight is 363 g/mol. The van der Waals surface area contributed by atoms with E-state index < -0.39 is 0 Å². The van der Waals surface area contributed by atoms with Gasteiger partial charge in [0, 0.05) is 16.9 Å². The first kappa shape index (κ1) is 16.8. The van der Waals surface area contributed by atoms with Crippen molar-refractivity contribution in [1.29, 1.82) is 0 Å². The number of benzene rings is 1. The van der Waals surface area contributed by atoms with Gasteiger partial charge in [-0.15, -0.1) is 0 Å². The number of hydrogen-bond acceptors (Lipinski definition) is 3. The number of H-pyrrole nitrogens is 1. The van der Waals surface area contributed by atoms with E-state index in [2.05, 4.69) is 4.98 Å². The van der Waals surface area contributed by atoms with Gasteiger partial charge in [-0.05, 0) is 55.2 Å². The van der Waals surface area contributed by atoms with Crippen LogP contribution < -0.4 is 5.56 Å². The van der Waals surface area contributed by atoms with Crippen LogP contribution in [-0.2, 0) is 26.0 Å². The molecule has 0 radical (unpaired) electrons. The van der Waals surface area contributed by atoms with Gasteiger partial charge in [-0.3, -0.25) is 4.79 Å². The van der Waals surface area contributed by atoms with Crippen molar-refractivity contribution in [2.45, 2.75) is 64.0 Å². The minimum atomic E-state index is 0.0331. The van der Waals surface area contributed by atoms with Crippen LogP contribution in [0, 0.1) is 0 Å². The summed E-state index contributed by atoms with van der Waals surface area (Å²) in [5.74, 6) is 0.523. The number of aliphatic hydroxyl groups is 1. The molecule has 5 rings (SSSR count). The molecule has 0 spiro atoms. The van der Waals surface area contributed by atoms with Gasteiger partial charge >= 0.3 is 0 Å². The van der Waals surface area contributed by atoms with Crippen molar-refractivity contribution in [2.24, 2.45) is 0 Å². The van der Waals surface area contributed by atoms with Crippen molar-refractivity contribution < 1.29 is 5.11 Å². The summed E-state index contributed by atoms with van der Waals surface area (Å²) in [7, 11) is 0. The van der Waals surface area contributed by atoms with Crippen molar-refractivity contribution >= 4 is 11.0 Å². The molecule has 140 valence electrons. The second-order valence-electron chi connectivity index (χ2n) is 7.99. The Balaban J connectivity index is 1.68. The molecule has 1 saturated carbocycles. The van der Waals surface area contributed by atoms with Crippen molar-refractivity contribution in [3.63, 3.8) is 0 Å². The van der Waals surface area contributed by atoms with Gasteiger partial charge in [0.05, 0.1) is 18.8 Å². The Morgan fingerprint density at radius 3 is 2.63 bits per heavy atom. The first-order valence-corrected chi connectivity index (χ1v) is 10.1. The van der Waals surface area contributed by atoms with Crippen molar-refractivity contribution in [2.75, 3.05) is 0 Å². The number of aryl methyl sites for hydroxylation is 1. The molecule has 2 aromatic heterocycles. The lowest BCUT2D eigenvalue weighted by molar-refractivity contribution is 0.281. The van der Waals surface area contributed by atoms with Gasteiger partial charge in [0.15, 0.2) is 0 Å². The van der Waals surface area contributed by atoms with Crippen LogP contribution in [-0.4, -0.2) is 19.9 Å². The molecule has 0 atom stereocenters. The third-order valence-corrected chi connectivity index (χ3v) is 6.25. The third-order valence-electron chi connectivity index (χ3n) is 6.25. The lowest BCUT2D eigenvalue weighted by Gasteiger charge is -2.25. The molecule has 2 aliphatic carbocycles. The van der Waals surface area contributed by atoms with E-state index in [1.807, 2.05) is 28.9 Å². The number of aliphatic hydroxyl groups excluding tert-OH is 1. The Hall–Kier alpha value is -2.40. The number of aromatic nitrogens is 3. The number of nitrogens with zero attached hydrogens (tertiary/aromatic N) is 2. The fourth-order valence-electron chi connectivity index (χ4n) is 4.60. The summed E-state index contributed by atoms with van der Waals surface area (Å²) in [6.45, 7) is 0.636. The van der Waals surface area contributed by atoms with E-state index in [4.69, 9.17) is 5.10 Å². The molecule has 2 heterocycles. The third kappa shape index (κ3) is 2.81. The van der Waals surface area contributed by atoms with Gasteiger partial charge in [0.1, 0.15) is 5.65 Å². The number of pyridine rings is 1. The van der Waals surface area contributed by atoms with Crippen LogP contribution in [0.15, 0.2) is 29.1 Å². The molecule has 0 unspecified atom stereocenters. The quantitative estimate of drug-likeness (QED) is 0.746. The second kappa shape index (κ2) is 6.64. The molecule has 5 heteroatoms. The number of aromatic amines is 1. The Bertz CT molecular complexity index is 1060. The standard InChI is InChI=1S/C22H25N3O2/c26-13-15-6-3-5-14(11-15)12-25-21-19(20(24-25)16-7-4-8-16)17-9-1-2-10-18(17)22(27)23-21/h3,5-6,11,16,26H,1-2,4,7-10,12-13H2,(H,23,27). The summed E-state index contributed by atoms with van der Waals surface area (Å²) in [6, 6.07) is 7.94. The molecule has 2 N–H and O–H groups in total. The minimum absolute atomic E-state index is 0.0331. The highest BCUT2D eigenvalue weighted by Gasteiger charge is 2.29. The largest absolute Gasteiger partial charge is 0.392 e. The molecule has 27 heavy (non-hydrogen) atoms. The zero-order valence-corrected chi connectivity index (χ0v) is 15.5. The fraction of sp³-hybridized carbons (Fsp3) is 0.455. The molecular formula is C22H25N3O2. The highest BCUT2D eigenvalue weighted by molar-refractivity contribution is 5.84. The summed E-state index contributed by atoms with van der Waals surface area (Å²) in [6.07, 6.45) is 7.78. The van der Waals surface area contributed by atoms with Crippen LogP contribution in [0.3, 0.4) is 0 Å². The SMILES string of the molecule is O=c1[nH]c2c(c(C3CCC3)nn2Cc2cccc(CO)c2)c2c1CCCC2. The van der Waals surface area contributed by atoms with Crippen molar-refractivity contribution in [3.8, 4) is 0 Å². The van der Waals surface area contributed by atoms with E-state index in [0.29, 0.717) is 12.5 Å². The Morgan fingerprint density at radius 2 is 1.89 bits per heavy atom. The normalized spacial score (nSPS) is 17.1. The van der Waals surface area contributed by atoms with Crippen LogP contribution in [0.5, 0.6) is 0 Å². The molecule has 1 aromatic carbocycles. The molecule has 5 nitrogen and oxygen atoms in total. The molecule has 2 aliphatic rings. The van der Waals surface area contributed by atoms with Gasteiger partial charge in [-0.2, -0.15) is 5.10 Å². The van der Waals surface area contributed by atoms with Gasteiger partial charge in [-0.25, -0.2) is 4.68 Å². The second-order valence-corrected chi connectivity index (χ2v) is 7.99. The summed E-state index contributed by atoms with van der Waals surface area (Å²) < 4.78 is 1.97. The Morgan fingerprint density at radius 1 is 1.11 bits per heavy atom. The molecular weight excluding hydrogens is 338 g/mol. The highest BCUT2D eigenvalue weighted by atomic mass is 16.3. The van der Waals surface area contributed by atoms with E-state index in [1.54, 1.807) is 0 Å². The predicted molar refractivity (Wildman–Crippen MR) is 105 cm³/mol. The number of fused-ring (bicyclic) bond motifs is 3. The van der Waals surface area contributed by atoms with Crippen LogP contribution >= 0.6 is 0 Å². The highest BCUT2D eigenvalue weighted by Crippen LogP contribution is 2.41. The number of nitrogens with one attached hydrogen (secondary N) is 1. The predicted octanol–water partition coefficient (Wildman–Crippen LogP) is 3.41. The molecule has 0 bridgehead atoms. The first-order chi connectivity index (χ1) is 13.2. The van der Waals surface area contributed by atoms with Gasteiger partial charge in [-0.1, -0.05) is 30.7 Å². The van der Waals surface area contributed by atoms with E-state index in [1.165, 1.54) is 35.9 Å². The van der Waals surface area contributed by atoms with Crippen LogP contribution in [0.1, 0.15) is 66.0 Å². The van der Waals surface area contributed by atoms with E-state index in [0.717, 1.165) is 48.0 Å². The van der Waals surface area contributed by atoms with Crippen LogP contribution in [0.4, 0.5) is 0 Å². The Kier molecular flexibility index (Phi) is 4.12. The fourth-order valence-corrected chi connectivity index (χ4v) is 4.60. The average Bonchev–Trinajstić information content (AvgIpc) is 2.98. The summed E-state index contributed by atoms with van der Waals surface area (Å²) >= 11 is 0. The van der Waals surface area contributed by atoms with Crippen LogP contribution in [0.2, 0.25) is 0 Å². The smallest absolute Gasteiger partial charge is 0.253 e. The van der Waals surface area contributed by atoms with Crippen molar-refractivity contribution in [3.05, 3.63) is 62.6 Å². The molecule has 0 amide bonds. The van der Waals surface area contributed by atoms with Gasteiger partial charge < -0.3 is 10.1 Å². The molecule has 0 aliphatic heterocycles. The zero-order chi connectivity index (χ0) is 18.4. The maximum absolute atomic E-state index is 12.7. The van der Waals surface area contributed by atoms with Gasteiger partial charge in [0.25, 0.3) is 5.56 Å². The summed E-state index contributed by atoms with van der Waals surface area (Å²) in [5.41, 5.74) is 6.33. The molecule has 1 fully saturated rings. The minimum Gasteiger partial charge on any atom is -0.392 e. The zero-order valence-electron chi connectivity index (χ0n) is 15.5. The first-order valence-electron chi connectivity index (χ1n) is 10.1. The van der Waals surface area contributed by atoms with E-state index >= 15 is 0 Å². The summed E-state index contributed by atoms with van der Waals surface area (Å²) in [4.78, 5) is 15.9. The topological polar surface area (TPSA) is 70.9 Å². The lowest BCUT2D eigenvalue weighted by Crippen LogP contribution is -2.20. The van der Waals surface area contributed by atoms with Crippen LogP contribution in [0.25, 0.3) is 11.0 Å². The molecule has 0 saturated heterocycles. The monoisotopic (exact) mass is 363 g/mol. The van der Waals surface area contributed by atoms with Gasteiger partial charge in [0.2, 0.25) is 0 Å². The maximum atomic E-state index is 12.7. The van der Waals surface area contributed by atoms with Crippen molar-refractivity contribution in [1.82, 2.24) is 14.8 Å².